The van der Waals surface area contributed by atoms with Gasteiger partial charge in [0.1, 0.15) is 0 Å². The van der Waals surface area contributed by atoms with E-state index in [-0.39, 0.29) is 12.1 Å². The van der Waals surface area contributed by atoms with E-state index < -0.39 is 0 Å². The highest BCUT2D eigenvalue weighted by Gasteiger charge is 2.24. The van der Waals surface area contributed by atoms with Crippen LogP contribution in [0.2, 0.25) is 0 Å². The summed E-state index contributed by atoms with van der Waals surface area (Å²) in [7, 11) is 0. The number of ether oxygens (including phenoxy) is 2. The summed E-state index contributed by atoms with van der Waals surface area (Å²) in [5.74, 6) is 5.75. The molecule has 116 valence electrons. The second-order valence-corrected chi connectivity index (χ2v) is 6.12. The molecule has 3 N–H and O–H groups in total. The minimum atomic E-state index is 0.167. The van der Waals surface area contributed by atoms with Gasteiger partial charge in [0, 0.05) is 12.6 Å². The molecule has 1 aromatic carbocycles. The van der Waals surface area contributed by atoms with Gasteiger partial charge in [-0.2, -0.15) is 0 Å². The van der Waals surface area contributed by atoms with E-state index in [9.17, 15) is 0 Å². The second-order valence-electron chi connectivity index (χ2n) is 6.12. The van der Waals surface area contributed by atoms with Crippen molar-refractivity contribution in [1.82, 2.24) is 5.43 Å². The maximum absolute atomic E-state index is 5.98. The lowest BCUT2D eigenvalue weighted by Gasteiger charge is -2.29. The van der Waals surface area contributed by atoms with Crippen molar-refractivity contribution in [3.63, 3.8) is 0 Å². The van der Waals surface area contributed by atoms with Crippen molar-refractivity contribution in [2.45, 2.75) is 56.8 Å². The summed E-state index contributed by atoms with van der Waals surface area (Å²) in [4.78, 5) is 0. The first kappa shape index (κ1) is 15.0. The van der Waals surface area contributed by atoms with Crippen LogP contribution in [-0.2, 0) is 15.9 Å². The lowest BCUT2D eigenvalue weighted by Crippen LogP contribution is -2.38. The van der Waals surface area contributed by atoms with Crippen molar-refractivity contribution in [1.29, 1.82) is 0 Å². The Kier molecular flexibility index (Phi) is 5.25. The van der Waals surface area contributed by atoms with Crippen LogP contribution in [0.3, 0.4) is 0 Å². The van der Waals surface area contributed by atoms with Crippen LogP contribution in [-0.4, -0.2) is 25.4 Å². The predicted molar refractivity (Wildman–Crippen MR) is 82.8 cm³/mol. The van der Waals surface area contributed by atoms with E-state index in [4.69, 9.17) is 15.3 Å². The van der Waals surface area contributed by atoms with Crippen LogP contribution in [0.5, 0.6) is 0 Å². The molecule has 0 spiro atoms. The number of hydrogen-bond donors (Lipinski definition) is 2. The summed E-state index contributed by atoms with van der Waals surface area (Å²) >= 11 is 0. The first-order valence-electron chi connectivity index (χ1n) is 8.14. The number of rotatable bonds is 6. The molecule has 1 fully saturated rings. The third-order valence-corrected chi connectivity index (χ3v) is 4.69. The van der Waals surface area contributed by atoms with Crippen molar-refractivity contribution in [3.05, 3.63) is 35.4 Å². The normalized spacial score (nSPS) is 26.5. The topological polar surface area (TPSA) is 56.5 Å². The molecule has 2 aliphatic rings. The predicted octanol–water partition coefficient (Wildman–Crippen LogP) is 2.48. The fourth-order valence-electron chi connectivity index (χ4n) is 3.46. The highest BCUT2D eigenvalue weighted by Crippen LogP contribution is 2.31. The third kappa shape index (κ3) is 3.83. The summed E-state index contributed by atoms with van der Waals surface area (Å²) in [6.45, 7) is 1.73. The zero-order valence-electron chi connectivity index (χ0n) is 12.6. The van der Waals surface area contributed by atoms with Gasteiger partial charge in [0.15, 0.2) is 0 Å². The molecule has 4 nitrogen and oxygen atoms in total. The van der Waals surface area contributed by atoms with Gasteiger partial charge in [-0.3, -0.25) is 11.3 Å². The van der Waals surface area contributed by atoms with Crippen LogP contribution in [0.15, 0.2) is 24.3 Å². The van der Waals surface area contributed by atoms with Gasteiger partial charge in [0.05, 0.1) is 18.8 Å². The Bertz CT molecular complexity index is 446. The fourth-order valence-corrected chi connectivity index (χ4v) is 3.46. The molecule has 3 atom stereocenters. The van der Waals surface area contributed by atoms with Crippen molar-refractivity contribution < 1.29 is 9.47 Å². The van der Waals surface area contributed by atoms with Gasteiger partial charge in [0.25, 0.3) is 0 Å². The summed E-state index contributed by atoms with van der Waals surface area (Å²) in [5.41, 5.74) is 5.72. The molecule has 3 unspecified atom stereocenters. The SMILES string of the molecule is NNC(CCC1CCCO1)CC1OCCc2ccccc21. The molecule has 21 heavy (non-hydrogen) atoms. The summed E-state index contributed by atoms with van der Waals surface area (Å²) in [6.07, 6.45) is 7.07. The van der Waals surface area contributed by atoms with E-state index in [0.717, 1.165) is 38.9 Å². The van der Waals surface area contributed by atoms with Crippen molar-refractivity contribution in [2.24, 2.45) is 5.84 Å². The largest absolute Gasteiger partial charge is 0.378 e. The smallest absolute Gasteiger partial charge is 0.0843 e. The quantitative estimate of drug-likeness (QED) is 0.624. The standard InChI is InChI=1S/C17H26N2O2/c18-19-14(7-8-15-5-3-10-20-15)12-17-16-6-2-1-4-13(16)9-11-21-17/h1-2,4,6,14-15,17,19H,3,5,7-12,18H2. The number of benzene rings is 1. The Hall–Kier alpha value is -0.940. The monoisotopic (exact) mass is 290 g/mol. The Morgan fingerprint density at radius 1 is 1.24 bits per heavy atom. The third-order valence-electron chi connectivity index (χ3n) is 4.69. The molecule has 0 bridgehead atoms. The number of hydrazine groups is 1. The average molecular weight is 290 g/mol. The highest BCUT2D eigenvalue weighted by molar-refractivity contribution is 5.31. The molecule has 1 saturated heterocycles. The van der Waals surface area contributed by atoms with Gasteiger partial charge in [-0.05, 0) is 49.7 Å². The van der Waals surface area contributed by atoms with Gasteiger partial charge in [-0.1, -0.05) is 24.3 Å². The summed E-state index contributed by atoms with van der Waals surface area (Å²) < 4.78 is 11.7. The van der Waals surface area contributed by atoms with Crippen LogP contribution < -0.4 is 11.3 Å². The highest BCUT2D eigenvalue weighted by atomic mass is 16.5. The van der Waals surface area contributed by atoms with Gasteiger partial charge < -0.3 is 9.47 Å². The lowest BCUT2D eigenvalue weighted by atomic mass is 9.92. The van der Waals surface area contributed by atoms with Crippen LogP contribution in [0.4, 0.5) is 0 Å². The molecule has 1 aromatic rings. The zero-order chi connectivity index (χ0) is 14.5. The van der Waals surface area contributed by atoms with E-state index >= 15 is 0 Å². The molecule has 3 rings (SSSR count). The van der Waals surface area contributed by atoms with Crippen molar-refractivity contribution in [3.8, 4) is 0 Å². The van der Waals surface area contributed by atoms with Crippen molar-refractivity contribution in [2.75, 3.05) is 13.2 Å². The Morgan fingerprint density at radius 2 is 2.14 bits per heavy atom. The molecular weight excluding hydrogens is 264 g/mol. The van der Waals surface area contributed by atoms with Gasteiger partial charge in [-0.15, -0.1) is 0 Å². The molecule has 0 radical (unpaired) electrons. The molecule has 2 heterocycles. The average Bonchev–Trinajstić information content (AvgIpc) is 3.05. The Morgan fingerprint density at radius 3 is 2.95 bits per heavy atom. The minimum Gasteiger partial charge on any atom is -0.378 e. The molecular formula is C17H26N2O2. The first-order valence-corrected chi connectivity index (χ1v) is 8.14. The zero-order valence-corrected chi connectivity index (χ0v) is 12.6. The van der Waals surface area contributed by atoms with Gasteiger partial charge >= 0.3 is 0 Å². The molecule has 0 saturated carbocycles. The number of nitrogens with two attached hydrogens (primary N) is 1. The minimum absolute atomic E-state index is 0.167. The van der Waals surface area contributed by atoms with Gasteiger partial charge in [0.2, 0.25) is 0 Å². The van der Waals surface area contributed by atoms with E-state index in [1.807, 2.05) is 0 Å². The fraction of sp³-hybridized carbons (Fsp3) is 0.647. The first-order chi connectivity index (χ1) is 10.4. The molecule has 0 aromatic heterocycles. The summed E-state index contributed by atoms with van der Waals surface area (Å²) in [6, 6.07) is 8.88. The number of nitrogens with one attached hydrogen (secondary N) is 1. The summed E-state index contributed by atoms with van der Waals surface area (Å²) in [5, 5.41) is 0. The maximum atomic E-state index is 5.98. The van der Waals surface area contributed by atoms with Crippen LogP contribution in [0, 0.1) is 0 Å². The van der Waals surface area contributed by atoms with Crippen LogP contribution in [0.1, 0.15) is 49.3 Å². The molecule has 2 aliphatic heterocycles. The van der Waals surface area contributed by atoms with E-state index in [2.05, 4.69) is 29.7 Å². The lowest BCUT2D eigenvalue weighted by molar-refractivity contribution is 0.0267. The number of fused-ring (bicyclic) bond motifs is 1. The van der Waals surface area contributed by atoms with E-state index in [0.29, 0.717) is 6.10 Å². The van der Waals surface area contributed by atoms with Crippen molar-refractivity contribution >= 4 is 0 Å². The van der Waals surface area contributed by atoms with Crippen LogP contribution >= 0.6 is 0 Å². The maximum Gasteiger partial charge on any atom is 0.0843 e. The molecule has 0 aliphatic carbocycles. The molecule has 0 amide bonds. The van der Waals surface area contributed by atoms with E-state index in [1.54, 1.807) is 0 Å². The van der Waals surface area contributed by atoms with E-state index in [1.165, 1.54) is 24.0 Å². The Balaban J connectivity index is 1.56. The molecule has 4 heteroatoms. The van der Waals surface area contributed by atoms with Gasteiger partial charge in [-0.25, -0.2) is 0 Å². The Labute approximate surface area is 127 Å². The second kappa shape index (κ2) is 7.36. The van der Waals surface area contributed by atoms with Crippen LogP contribution in [0.25, 0.3) is 0 Å². The number of hydrogen-bond acceptors (Lipinski definition) is 4.